The van der Waals surface area contributed by atoms with Crippen LogP contribution in [0.5, 0.6) is 5.75 Å². The minimum Gasteiger partial charge on any atom is -0.491 e. The molecule has 0 aliphatic heterocycles. The number of carbonyl (C=O) groups excluding carboxylic acids is 2. The maximum absolute atomic E-state index is 12.3. The summed E-state index contributed by atoms with van der Waals surface area (Å²) < 4.78 is 27.6. The third kappa shape index (κ3) is 21.5. The van der Waals surface area contributed by atoms with E-state index >= 15 is 0 Å². The molecule has 1 atom stereocenters. The van der Waals surface area contributed by atoms with Crippen molar-refractivity contribution in [3.05, 3.63) is 52.4 Å². The largest absolute Gasteiger partial charge is 0.491 e. The highest BCUT2D eigenvalue weighted by molar-refractivity contribution is 5.81. The van der Waals surface area contributed by atoms with Gasteiger partial charge in [-0.05, 0) is 47.9 Å². The fourth-order valence-electron chi connectivity index (χ4n) is 3.47. The van der Waals surface area contributed by atoms with Gasteiger partial charge in [0, 0.05) is 30.9 Å². The summed E-state index contributed by atoms with van der Waals surface area (Å²) in [6.45, 7) is 11.2. The maximum atomic E-state index is 12.3. The first-order chi connectivity index (χ1) is 19.8. The molecule has 0 bridgehead atoms. The molecule has 0 aromatic heterocycles. The Labute approximate surface area is 244 Å². The van der Waals surface area contributed by atoms with Crippen LogP contribution in [-0.2, 0) is 35.0 Å². The average Bonchev–Trinajstić information content (AvgIpc) is 2.92. The highest BCUT2D eigenvalue weighted by atomic mass is 16.6. The van der Waals surface area contributed by atoms with Gasteiger partial charge < -0.3 is 29.0 Å². The first kappa shape index (κ1) is 36.1. The SMILES string of the molecule is CC(C)/C=C/CNC(=O)COCCOC(COc1cccc(CC(=O)CCOCCOCCCC(C)C)c1)N=[N+]=[N-]. The Bertz CT molecular complexity index is 933. The van der Waals surface area contributed by atoms with Gasteiger partial charge in [0.15, 0.2) is 6.23 Å². The molecule has 230 valence electrons. The van der Waals surface area contributed by atoms with Crippen molar-refractivity contribution in [3.8, 4) is 5.75 Å². The molecule has 0 aliphatic rings. The van der Waals surface area contributed by atoms with Crippen LogP contribution in [0.15, 0.2) is 41.5 Å². The van der Waals surface area contributed by atoms with Crippen molar-refractivity contribution in [2.45, 2.75) is 59.6 Å². The van der Waals surface area contributed by atoms with E-state index in [0.29, 0.717) is 50.4 Å². The number of hydrogen-bond acceptors (Lipinski definition) is 8. The van der Waals surface area contributed by atoms with Crippen LogP contribution in [-0.4, -0.2) is 77.3 Å². The number of Topliss-reactive ketones (excluding diaryl/α,β-unsaturated/α-hetero) is 1. The fourth-order valence-corrected chi connectivity index (χ4v) is 3.47. The predicted molar refractivity (Wildman–Crippen MR) is 158 cm³/mol. The molecule has 0 fully saturated rings. The molecule has 0 heterocycles. The lowest BCUT2D eigenvalue weighted by Gasteiger charge is -2.14. The lowest BCUT2D eigenvalue weighted by Crippen LogP contribution is -2.28. The molecule has 1 unspecified atom stereocenters. The topological polar surface area (TPSA) is 141 Å². The van der Waals surface area contributed by atoms with Gasteiger partial charge in [0.25, 0.3) is 0 Å². The van der Waals surface area contributed by atoms with Crippen LogP contribution in [0.4, 0.5) is 0 Å². The highest BCUT2D eigenvalue weighted by Gasteiger charge is 2.10. The Morgan fingerprint density at radius 2 is 1.78 bits per heavy atom. The van der Waals surface area contributed by atoms with E-state index in [-0.39, 0.29) is 44.5 Å². The summed E-state index contributed by atoms with van der Waals surface area (Å²) in [5.41, 5.74) is 9.65. The van der Waals surface area contributed by atoms with Gasteiger partial charge in [-0.1, -0.05) is 57.1 Å². The number of rotatable bonds is 25. The Balaban J connectivity index is 2.25. The number of nitrogens with zero attached hydrogens (tertiary/aromatic N) is 3. The van der Waals surface area contributed by atoms with Crippen LogP contribution in [0.25, 0.3) is 10.4 Å². The molecule has 0 saturated heterocycles. The van der Waals surface area contributed by atoms with Gasteiger partial charge in [0.1, 0.15) is 24.7 Å². The third-order valence-corrected chi connectivity index (χ3v) is 5.55. The van der Waals surface area contributed by atoms with Crippen LogP contribution in [0.1, 0.15) is 52.5 Å². The van der Waals surface area contributed by atoms with Crippen molar-refractivity contribution in [2.24, 2.45) is 17.0 Å². The minimum absolute atomic E-state index is 0.0164. The van der Waals surface area contributed by atoms with E-state index in [1.165, 1.54) is 0 Å². The molecular formula is C30H48N4O7. The predicted octanol–water partition coefficient (Wildman–Crippen LogP) is 5.03. The zero-order valence-corrected chi connectivity index (χ0v) is 25.1. The number of benzene rings is 1. The van der Waals surface area contributed by atoms with Gasteiger partial charge in [-0.2, -0.15) is 0 Å². The number of ketones is 1. The molecule has 1 N–H and O–H groups in total. The van der Waals surface area contributed by atoms with E-state index in [1.807, 2.05) is 18.2 Å². The Hall–Kier alpha value is -2.95. The average molecular weight is 577 g/mol. The van der Waals surface area contributed by atoms with E-state index in [2.05, 4.69) is 43.0 Å². The molecule has 11 heteroatoms. The summed E-state index contributed by atoms with van der Waals surface area (Å²) in [7, 11) is 0. The van der Waals surface area contributed by atoms with E-state index in [0.717, 1.165) is 25.0 Å². The molecule has 1 aromatic carbocycles. The van der Waals surface area contributed by atoms with Crippen LogP contribution >= 0.6 is 0 Å². The van der Waals surface area contributed by atoms with E-state index in [4.69, 9.17) is 29.2 Å². The first-order valence-electron chi connectivity index (χ1n) is 14.4. The molecule has 0 spiro atoms. The van der Waals surface area contributed by atoms with Crippen LogP contribution in [0.2, 0.25) is 0 Å². The molecule has 0 radical (unpaired) electrons. The van der Waals surface area contributed by atoms with Gasteiger partial charge in [-0.25, -0.2) is 0 Å². The summed E-state index contributed by atoms with van der Waals surface area (Å²) >= 11 is 0. The van der Waals surface area contributed by atoms with Crippen molar-refractivity contribution in [2.75, 3.05) is 59.4 Å². The Kier molecular flexibility index (Phi) is 20.9. The number of allylic oxidation sites excluding steroid dienone is 1. The van der Waals surface area contributed by atoms with Crippen molar-refractivity contribution in [1.29, 1.82) is 0 Å². The van der Waals surface area contributed by atoms with Crippen molar-refractivity contribution in [1.82, 2.24) is 5.32 Å². The molecule has 1 amide bonds. The molecule has 0 saturated carbocycles. The summed E-state index contributed by atoms with van der Waals surface area (Å²) in [4.78, 5) is 26.9. The fraction of sp³-hybridized carbons (Fsp3) is 0.667. The van der Waals surface area contributed by atoms with Crippen LogP contribution < -0.4 is 10.1 Å². The number of nitrogens with one attached hydrogen (secondary N) is 1. The summed E-state index contributed by atoms with van der Waals surface area (Å²) in [5, 5.41) is 6.32. The zero-order valence-electron chi connectivity index (χ0n) is 25.1. The van der Waals surface area contributed by atoms with Gasteiger partial charge in [0.2, 0.25) is 5.91 Å². The van der Waals surface area contributed by atoms with Crippen LogP contribution in [0.3, 0.4) is 0 Å². The molecule has 0 aliphatic carbocycles. The number of azide groups is 1. The number of ether oxygens (including phenoxy) is 5. The van der Waals surface area contributed by atoms with Gasteiger partial charge in [-0.15, -0.1) is 0 Å². The minimum atomic E-state index is -0.875. The standard InChI is InChI=1S/C30H48N4O7/c1-24(2)8-6-13-32-29(36)22-39-18-19-40-30(33-34-31)23-41-28-11-5-10-26(21-28)20-27(35)12-15-38-17-16-37-14-7-9-25(3)4/h5-6,8,10-11,21,24-25,30H,7,9,12-20,22-23H2,1-4H3,(H,32,36)/b8-6+. The van der Waals surface area contributed by atoms with Crippen molar-refractivity contribution in [3.63, 3.8) is 0 Å². The van der Waals surface area contributed by atoms with Crippen molar-refractivity contribution < 1.29 is 33.3 Å². The number of hydrogen-bond donors (Lipinski definition) is 1. The molecule has 41 heavy (non-hydrogen) atoms. The molecule has 1 rings (SSSR count). The lowest BCUT2D eigenvalue weighted by atomic mass is 10.1. The number of carbonyl (C=O) groups is 2. The normalized spacial score (nSPS) is 12.0. The second kappa shape index (κ2) is 23.7. The summed E-state index contributed by atoms with van der Waals surface area (Å²) in [6.07, 6.45) is 5.82. The van der Waals surface area contributed by atoms with Crippen LogP contribution in [0, 0.1) is 11.8 Å². The van der Waals surface area contributed by atoms with Gasteiger partial charge >= 0.3 is 0 Å². The van der Waals surface area contributed by atoms with Gasteiger partial charge in [0.05, 0.1) is 33.0 Å². The Morgan fingerprint density at radius 3 is 2.51 bits per heavy atom. The molecular weight excluding hydrogens is 528 g/mol. The second-order valence-corrected chi connectivity index (χ2v) is 10.2. The summed E-state index contributed by atoms with van der Waals surface area (Å²) in [5.74, 6) is 1.48. The van der Waals surface area contributed by atoms with E-state index < -0.39 is 6.23 Å². The van der Waals surface area contributed by atoms with Crippen molar-refractivity contribution >= 4 is 11.7 Å². The quantitative estimate of drug-likeness (QED) is 0.0565. The smallest absolute Gasteiger partial charge is 0.246 e. The number of amides is 1. The van der Waals surface area contributed by atoms with E-state index in [9.17, 15) is 9.59 Å². The zero-order chi connectivity index (χ0) is 30.1. The monoisotopic (exact) mass is 576 g/mol. The summed E-state index contributed by atoms with van der Waals surface area (Å²) in [6, 6.07) is 7.18. The van der Waals surface area contributed by atoms with Gasteiger partial charge in [-0.3, -0.25) is 9.59 Å². The maximum Gasteiger partial charge on any atom is 0.246 e. The lowest BCUT2D eigenvalue weighted by molar-refractivity contribution is -0.126. The molecule has 1 aromatic rings. The molecule has 11 nitrogen and oxygen atoms in total. The first-order valence-corrected chi connectivity index (χ1v) is 14.4. The Morgan fingerprint density at radius 1 is 1.02 bits per heavy atom. The third-order valence-electron chi connectivity index (χ3n) is 5.55. The highest BCUT2D eigenvalue weighted by Crippen LogP contribution is 2.15. The van der Waals surface area contributed by atoms with E-state index in [1.54, 1.807) is 18.2 Å². The second-order valence-electron chi connectivity index (χ2n) is 10.2.